The van der Waals surface area contributed by atoms with Crippen molar-refractivity contribution in [1.82, 2.24) is 0 Å². The summed E-state index contributed by atoms with van der Waals surface area (Å²) in [6.07, 6.45) is 2.18. The van der Waals surface area contributed by atoms with E-state index < -0.39 is 4.92 Å². The summed E-state index contributed by atoms with van der Waals surface area (Å²) in [6, 6.07) is 4.77. The van der Waals surface area contributed by atoms with Crippen LogP contribution in [0.1, 0.15) is 32.3 Å². The van der Waals surface area contributed by atoms with Crippen LogP contribution >= 0.6 is 0 Å². The maximum atomic E-state index is 10.8. The van der Waals surface area contributed by atoms with Crippen LogP contribution in [0.15, 0.2) is 18.2 Å². The van der Waals surface area contributed by atoms with Crippen LogP contribution in [0.3, 0.4) is 0 Å². The van der Waals surface area contributed by atoms with E-state index in [1.807, 2.05) is 0 Å². The minimum Gasteiger partial charge on any atom is -0.376 e. The van der Waals surface area contributed by atoms with Gasteiger partial charge in [-0.05, 0) is 23.6 Å². The van der Waals surface area contributed by atoms with Crippen molar-refractivity contribution in [2.45, 2.75) is 33.3 Å². The third-order valence-corrected chi connectivity index (χ3v) is 3.19. The van der Waals surface area contributed by atoms with Gasteiger partial charge in [0.1, 0.15) is 5.69 Å². The Labute approximate surface area is 113 Å². The highest BCUT2D eigenvalue weighted by molar-refractivity contribution is 5.61. The molecule has 0 aliphatic carbocycles. The second-order valence-electron chi connectivity index (χ2n) is 4.45. The first-order valence-electron chi connectivity index (χ1n) is 6.44. The predicted molar refractivity (Wildman–Crippen MR) is 74.6 cm³/mol. The van der Waals surface area contributed by atoms with E-state index in [4.69, 9.17) is 10.6 Å². The zero-order valence-electron chi connectivity index (χ0n) is 11.4. The van der Waals surface area contributed by atoms with Crippen molar-refractivity contribution in [3.8, 4) is 0 Å². The van der Waals surface area contributed by atoms with E-state index in [2.05, 4.69) is 19.3 Å². The average Bonchev–Trinajstić information content (AvgIpc) is 2.43. The number of ether oxygens (including phenoxy) is 1. The molecule has 19 heavy (non-hydrogen) atoms. The number of hydrogen-bond acceptors (Lipinski definition) is 5. The number of benzene rings is 1. The van der Waals surface area contributed by atoms with Gasteiger partial charge >= 0.3 is 0 Å². The highest BCUT2D eigenvalue weighted by Gasteiger charge is 2.13. The summed E-state index contributed by atoms with van der Waals surface area (Å²) in [5, 5.41) is 10.8. The minimum absolute atomic E-state index is 0.0359. The van der Waals surface area contributed by atoms with Gasteiger partial charge in [0.25, 0.3) is 5.69 Å². The second-order valence-corrected chi connectivity index (χ2v) is 4.45. The number of nitrogens with one attached hydrogen (secondary N) is 1. The van der Waals surface area contributed by atoms with Gasteiger partial charge in [-0.2, -0.15) is 0 Å². The van der Waals surface area contributed by atoms with E-state index in [0.717, 1.165) is 18.4 Å². The molecule has 0 aliphatic rings. The van der Waals surface area contributed by atoms with Crippen LogP contribution in [0, 0.1) is 16.0 Å². The Kier molecular flexibility index (Phi) is 6.24. The van der Waals surface area contributed by atoms with Crippen LogP contribution in [0.4, 0.5) is 11.4 Å². The van der Waals surface area contributed by atoms with E-state index in [9.17, 15) is 10.1 Å². The first kappa shape index (κ1) is 15.4. The Morgan fingerprint density at radius 1 is 1.42 bits per heavy atom. The first-order chi connectivity index (χ1) is 9.12. The van der Waals surface area contributed by atoms with Crippen LogP contribution in [0.2, 0.25) is 0 Å². The van der Waals surface area contributed by atoms with Crippen molar-refractivity contribution in [2.75, 3.05) is 12.0 Å². The maximum Gasteiger partial charge on any atom is 0.293 e. The van der Waals surface area contributed by atoms with E-state index >= 15 is 0 Å². The monoisotopic (exact) mass is 267 g/mol. The summed E-state index contributed by atoms with van der Waals surface area (Å²) in [6.45, 7) is 5.41. The lowest BCUT2D eigenvalue weighted by atomic mass is 10.1. The molecule has 0 saturated carbocycles. The fraction of sp³-hybridized carbons (Fsp3) is 0.538. The maximum absolute atomic E-state index is 10.8. The van der Waals surface area contributed by atoms with E-state index in [1.54, 1.807) is 12.1 Å². The van der Waals surface area contributed by atoms with Crippen molar-refractivity contribution in [3.63, 3.8) is 0 Å². The SMILES string of the molecule is CCC(CC)COCc1ccc([N+](=O)[O-])c(NN)c1. The van der Waals surface area contributed by atoms with Gasteiger partial charge in [0, 0.05) is 12.7 Å². The molecule has 1 aromatic carbocycles. The van der Waals surface area contributed by atoms with Crippen molar-refractivity contribution < 1.29 is 9.66 Å². The van der Waals surface area contributed by atoms with Crippen LogP contribution in [-0.2, 0) is 11.3 Å². The van der Waals surface area contributed by atoms with Gasteiger partial charge in [-0.15, -0.1) is 0 Å². The van der Waals surface area contributed by atoms with Gasteiger partial charge in [0.05, 0.1) is 11.5 Å². The number of anilines is 1. The molecule has 0 amide bonds. The summed E-state index contributed by atoms with van der Waals surface area (Å²) in [7, 11) is 0. The quantitative estimate of drug-likeness (QED) is 0.429. The molecule has 0 heterocycles. The van der Waals surface area contributed by atoms with E-state index in [-0.39, 0.29) is 5.69 Å². The molecule has 1 aromatic rings. The average molecular weight is 267 g/mol. The number of nitro groups is 1. The zero-order chi connectivity index (χ0) is 14.3. The molecule has 0 unspecified atom stereocenters. The molecule has 0 saturated heterocycles. The number of rotatable bonds is 8. The standard InChI is InChI=1S/C13H21N3O3/c1-3-10(4-2)8-19-9-11-5-6-13(16(17)18)12(7-11)15-14/h5-7,10,15H,3-4,8-9,14H2,1-2H3. The van der Waals surface area contributed by atoms with Gasteiger partial charge in [0.2, 0.25) is 0 Å². The smallest absolute Gasteiger partial charge is 0.293 e. The summed E-state index contributed by atoms with van der Waals surface area (Å²) < 4.78 is 5.63. The van der Waals surface area contributed by atoms with Crippen molar-refractivity contribution in [1.29, 1.82) is 0 Å². The predicted octanol–water partition coefficient (Wildman–Crippen LogP) is 2.83. The number of nitro benzene ring substituents is 1. The zero-order valence-corrected chi connectivity index (χ0v) is 11.4. The van der Waals surface area contributed by atoms with Gasteiger partial charge < -0.3 is 10.2 Å². The molecule has 0 atom stereocenters. The molecule has 0 spiro atoms. The molecular formula is C13H21N3O3. The highest BCUT2D eigenvalue weighted by atomic mass is 16.6. The highest BCUT2D eigenvalue weighted by Crippen LogP contribution is 2.24. The Bertz CT molecular complexity index is 420. The molecule has 0 bridgehead atoms. The lowest BCUT2D eigenvalue weighted by Gasteiger charge is -2.13. The van der Waals surface area contributed by atoms with Gasteiger partial charge in [0.15, 0.2) is 0 Å². The normalized spacial score (nSPS) is 10.7. The first-order valence-corrected chi connectivity index (χ1v) is 6.44. The molecule has 0 aromatic heterocycles. The number of nitrogens with two attached hydrogens (primary N) is 1. The summed E-state index contributed by atoms with van der Waals surface area (Å²) in [5.74, 6) is 5.84. The van der Waals surface area contributed by atoms with Crippen molar-refractivity contribution in [2.24, 2.45) is 11.8 Å². The number of nitrogens with zero attached hydrogens (tertiary/aromatic N) is 1. The molecule has 106 valence electrons. The molecule has 1 rings (SSSR count). The lowest BCUT2D eigenvalue weighted by molar-refractivity contribution is -0.384. The number of hydrazine groups is 1. The van der Waals surface area contributed by atoms with Crippen LogP contribution in [-0.4, -0.2) is 11.5 Å². The van der Waals surface area contributed by atoms with Gasteiger partial charge in [-0.25, -0.2) is 0 Å². The van der Waals surface area contributed by atoms with Crippen molar-refractivity contribution in [3.05, 3.63) is 33.9 Å². The van der Waals surface area contributed by atoms with Crippen LogP contribution in [0.5, 0.6) is 0 Å². The molecule has 0 aliphatic heterocycles. The van der Waals surface area contributed by atoms with Gasteiger partial charge in [-0.3, -0.25) is 16.0 Å². The third kappa shape index (κ3) is 4.50. The van der Waals surface area contributed by atoms with E-state index in [1.165, 1.54) is 6.07 Å². The van der Waals surface area contributed by atoms with Crippen molar-refractivity contribution >= 4 is 11.4 Å². The Morgan fingerprint density at radius 3 is 2.63 bits per heavy atom. The fourth-order valence-electron chi connectivity index (χ4n) is 1.82. The fourth-order valence-corrected chi connectivity index (χ4v) is 1.82. The molecule has 6 heteroatoms. The summed E-state index contributed by atoms with van der Waals surface area (Å²) in [4.78, 5) is 10.3. The topological polar surface area (TPSA) is 90.4 Å². The van der Waals surface area contributed by atoms with Crippen LogP contribution < -0.4 is 11.3 Å². The number of nitrogen functional groups attached to an aromatic ring is 1. The molecular weight excluding hydrogens is 246 g/mol. The molecule has 0 fully saturated rings. The largest absolute Gasteiger partial charge is 0.376 e. The summed E-state index contributed by atoms with van der Waals surface area (Å²) in [5.41, 5.74) is 3.47. The Morgan fingerprint density at radius 2 is 2.11 bits per heavy atom. The molecule has 6 nitrogen and oxygen atoms in total. The Balaban J connectivity index is 2.62. The van der Waals surface area contributed by atoms with E-state index in [0.29, 0.717) is 24.8 Å². The minimum atomic E-state index is -0.468. The van der Waals surface area contributed by atoms with Crippen LogP contribution in [0.25, 0.3) is 0 Å². The third-order valence-electron chi connectivity index (χ3n) is 3.19. The second kappa shape index (κ2) is 7.70. The lowest BCUT2D eigenvalue weighted by Crippen LogP contribution is -2.10. The summed E-state index contributed by atoms with van der Waals surface area (Å²) >= 11 is 0. The Hall–Kier alpha value is -1.66. The molecule has 3 N–H and O–H groups in total. The number of hydrogen-bond donors (Lipinski definition) is 2. The molecule has 0 radical (unpaired) electrons. The van der Waals surface area contributed by atoms with Gasteiger partial charge in [-0.1, -0.05) is 26.7 Å².